The van der Waals surface area contributed by atoms with Gasteiger partial charge in [-0.15, -0.1) is 0 Å². The Labute approximate surface area is 113 Å². The molecule has 0 radical (unpaired) electrons. The van der Waals surface area contributed by atoms with Crippen LogP contribution in [-0.4, -0.2) is 5.78 Å². The lowest BCUT2D eigenvalue weighted by atomic mass is 9.98. The number of hydrogen-bond donors (Lipinski definition) is 0. The van der Waals surface area contributed by atoms with Gasteiger partial charge in [-0.25, -0.2) is 0 Å². The van der Waals surface area contributed by atoms with Gasteiger partial charge in [-0.2, -0.15) is 0 Å². The molecule has 0 amide bonds. The van der Waals surface area contributed by atoms with Gasteiger partial charge < -0.3 is 4.74 Å². The summed E-state index contributed by atoms with van der Waals surface area (Å²) >= 11 is 0. The zero-order chi connectivity index (χ0) is 13.2. The average molecular weight is 252 g/mol. The fourth-order valence-corrected chi connectivity index (χ4v) is 2.43. The third-order valence-electron chi connectivity index (χ3n) is 3.56. The summed E-state index contributed by atoms with van der Waals surface area (Å²) in [4.78, 5) is 11.8. The molecule has 1 aliphatic rings. The monoisotopic (exact) mass is 252 g/mol. The minimum Gasteiger partial charge on any atom is -0.372 e. The van der Waals surface area contributed by atoms with Crippen molar-refractivity contribution >= 4 is 5.78 Å². The molecule has 19 heavy (non-hydrogen) atoms. The smallest absolute Gasteiger partial charge is 0.162 e. The van der Waals surface area contributed by atoms with Crippen LogP contribution in [0, 0.1) is 0 Å². The van der Waals surface area contributed by atoms with Crippen molar-refractivity contribution in [3.8, 4) is 11.1 Å². The number of rotatable bonds is 3. The van der Waals surface area contributed by atoms with E-state index in [1.807, 2.05) is 31.2 Å². The Morgan fingerprint density at radius 1 is 1.05 bits per heavy atom. The highest BCUT2D eigenvalue weighted by atomic mass is 16.5. The van der Waals surface area contributed by atoms with Crippen molar-refractivity contribution in [1.82, 2.24) is 0 Å². The Hall–Kier alpha value is -1.93. The quantitative estimate of drug-likeness (QED) is 0.772. The summed E-state index contributed by atoms with van der Waals surface area (Å²) in [6, 6.07) is 14.2. The molecule has 0 fully saturated rings. The molecule has 2 aromatic carbocycles. The number of hydrogen-bond acceptors (Lipinski definition) is 2. The van der Waals surface area contributed by atoms with Gasteiger partial charge in [-0.1, -0.05) is 37.3 Å². The van der Waals surface area contributed by atoms with Crippen LogP contribution in [0.25, 0.3) is 11.1 Å². The SMILES string of the molecule is CCC(=O)c1cccc(-c2ccc3c(c2)COC3)c1. The molecular formula is C17H16O2. The van der Waals surface area contributed by atoms with Crippen LogP contribution in [0.15, 0.2) is 42.5 Å². The summed E-state index contributed by atoms with van der Waals surface area (Å²) in [5.74, 6) is 0.186. The van der Waals surface area contributed by atoms with E-state index in [1.54, 1.807) is 0 Å². The Morgan fingerprint density at radius 3 is 2.68 bits per heavy atom. The minimum atomic E-state index is 0.186. The highest BCUT2D eigenvalue weighted by molar-refractivity contribution is 5.97. The topological polar surface area (TPSA) is 26.3 Å². The van der Waals surface area contributed by atoms with E-state index in [2.05, 4.69) is 18.2 Å². The van der Waals surface area contributed by atoms with E-state index in [0.29, 0.717) is 19.6 Å². The predicted molar refractivity (Wildman–Crippen MR) is 75.0 cm³/mol. The second-order valence-corrected chi connectivity index (χ2v) is 4.83. The normalized spacial score (nSPS) is 13.3. The first-order valence-corrected chi connectivity index (χ1v) is 6.61. The molecule has 0 unspecified atom stereocenters. The minimum absolute atomic E-state index is 0.186. The number of Topliss-reactive ketones (excluding diaryl/α,β-unsaturated/α-hetero) is 1. The molecule has 2 aromatic rings. The molecule has 0 aliphatic carbocycles. The molecular weight excluding hydrogens is 236 g/mol. The number of carbonyl (C=O) groups is 1. The van der Waals surface area contributed by atoms with Crippen molar-refractivity contribution in [1.29, 1.82) is 0 Å². The van der Waals surface area contributed by atoms with Crippen LogP contribution >= 0.6 is 0 Å². The standard InChI is InChI=1S/C17H16O2/c1-2-17(18)14-5-3-4-12(8-14)13-6-7-15-10-19-11-16(15)9-13/h3-9H,2,10-11H2,1H3. The molecule has 96 valence electrons. The first-order valence-electron chi connectivity index (χ1n) is 6.61. The van der Waals surface area contributed by atoms with Gasteiger partial charge in [-0.3, -0.25) is 4.79 Å². The summed E-state index contributed by atoms with van der Waals surface area (Å²) < 4.78 is 5.43. The van der Waals surface area contributed by atoms with Crippen LogP contribution in [0.3, 0.4) is 0 Å². The summed E-state index contributed by atoms with van der Waals surface area (Å²) in [6.07, 6.45) is 0.543. The van der Waals surface area contributed by atoms with Gasteiger partial charge in [0.05, 0.1) is 13.2 Å². The number of fused-ring (bicyclic) bond motifs is 1. The first-order chi connectivity index (χ1) is 9.28. The van der Waals surface area contributed by atoms with E-state index in [4.69, 9.17) is 4.74 Å². The molecule has 0 saturated heterocycles. The Kier molecular flexibility index (Phi) is 3.18. The Morgan fingerprint density at radius 2 is 1.84 bits per heavy atom. The lowest BCUT2D eigenvalue weighted by Gasteiger charge is -2.06. The Balaban J connectivity index is 2.00. The molecule has 0 atom stereocenters. The summed E-state index contributed by atoms with van der Waals surface area (Å²) in [7, 11) is 0. The van der Waals surface area contributed by atoms with E-state index < -0.39 is 0 Å². The maximum absolute atomic E-state index is 11.8. The average Bonchev–Trinajstić information content (AvgIpc) is 2.94. The highest BCUT2D eigenvalue weighted by Crippen LogP contribution is 2.27. The highest BCUT2D eigenvalue weighted by Gasteiger charge is 2.12. The zero-order valence-corrected chi connectivity index (χ0v) is 11.0. The van der Waals surface area contributed by atoms with Crippen LogP contribution in [0.2, 0.25) is 0 Å². The van der Waals surface area contributed by atoms with E-state index in [9.17, 15) is 4.79 Å². The van der Waals surface area contributed by atoms with Crippen molar-refractivity contribution in [2.24, 2.45) is 0 Å². The molecule has 0 aromatic heterocycles. The largest absolute Gasteiger partial charge is 0.372 e. The summed E-state index contributed by atoms with van der Waals surface area (Å²) in [5, 5.41) is 0. The van der Waals surface area contributed by atoms with Crippen LogP contribution in [0.5, 0.6) is 0 Å². The van der Waals surface area contributed by atoms with Crippen molar-refractivity contribution in [3.05, 3.63) is 59.2 Å². The second-order valence-electron chi connectivity index (χ2n) is 4.83. The van der Waals surface area contributed by atoms with Gasteiger partial charge in [-0.05, 0) is 34.4 Å². The molecule has 0 N–H and O–H groups in total. The van der Waals surface area contributed by atoms with Gasteiger partial charge in [0, 0.05) is 12.0 Å². The maximum atomic E-state index is 11.8. The lowest BCUT2D eigenvalue weighted by Crippen LogP contribution is -1.96. The van der Waals surface area contributed by atoms with E-state index in [0.717, 1.165) is 16.7 Å². The lowest BCUT2D eigenvalue weighted by molar-refractivity contribution is 0.0988. The van der Waals surface area contributed by atoms with Crippen LogP contribution in [0.4, 0.5) is 0 Å². The van der Waals surface area contributed by atoms with Crippen LogP contribution < -0.4 is 0 Å². The predicted octanol–water partition coefficient (Wildman–Crippen LogP) is 3.98. The fraction of sp³-hybridized carbons (Fsp3) is 0.235. The van der Waals surface area contributed by atoms with Gasteiger partial charge >= 0.3 is 0 Å². The van der Waals surface area contributed by atoms with Crippen molar-refractivity contribution in [3.63, 3.8) is 0 Å². The molecule has 3 rings (SSSR count). The molecule has 2 heteroatoms. The summed E-state index contributed by atoms with van der Waals surface area (Å²) in [5.41, 5.74) is 5.55. The van der Waals surface area contributed by atoms with Gasteiger partial charge in [0.15, 0.2) is 5.78 Å². The fourth-order valence-electron chi connectivity index (χ4n) is 2.43. The van der Waals surface area contributed by atoms with E-state index in [1.165, 1.54) is 11.1 Å². The van der Waals surface area contributed by atoms with E-state index >= 15 is 0 Å². The number of carbonyl (C=O) groups excluding carboxylic acids is 1. The van der Waals surface area contributed by atoms with Crippen LogP contribution in [0.1, 0.15) is 34.8 Å². The number of benzene rings is 2. The molecule has 2 nitrogen and oxygen atoms in total. The molecule has 1 aliphatic heterocycles. The van der Waals surface area contributed by atoms with Crippen molar-refractivity contribution < 1.29 is 9.53 Å². The maximum Gasteiger partial charge on any atom is 0.162 e. The van der Waals surface area contributed by atoms with Gasteiger partial charge in [0.2, 0.25) is 0 Å². The number of ether oxygens (including phenoxy) is 1. The van der Waals surface area contributed by atoms with Gasteiger partial charge in [0.1, 0.15) is 0 Å². The third-order valence-corrected chi connectivity index (χ3v) is 3.56. The number of ketones is 1. The molecule has 0 bridgehead atoms. The second kappa shape index (κ2) is 4.98. The molecule has 0 saturated carbocycles. The first kappa shape index (κ1) is 12.1. The van der Waals surface area contributed by atoms with Crippen molar-refractivity contribution in [2.45, 2.75) is 26.6 Å². The Bertz CT molecular complexity index is 629. The van der Waals surface area contributed by atoms with Crippen LogP contribution in [-0.2, 0) is 18.0 Å². The molecule has 0 spiro atoms. The third kappa shape index (κ3) is 2.32. The van der Waals surface area contributed by atoms with E-state index in [-0.39, 0.29) is 5.78 Å². The van der Waals surface area contributed by atoms with Crippen molar-refractivity contribution in [2.75, 3.05) is 0 Å². The zero-order valence-electron chi connectivity index (χ0n) is 11.0. The summed E-state index contributed by atoms with van der Waals surface area (Å²) in [6.45, 7) is 3.29. The van der Waals surface area contributed by atoms with Gasteiger partial charge in [0.25, 0.3) is 0 Å². The molecule has 1 heterocycles.